The maximum atomic E-state index is 11.7. The standard InChI is InChI=1S/C19H38N2O2S2/c1-16(2)17(22)10-14-24-25-15-11-18(23)20-12-8-6-7-9-13-21-19(3,4)5/h16,21H,6-15H2,1-5H3,(H,20,23). The molecule has 0 radical (unpaired) electrons. The quantitative estimate of drug-likeness (QED) is 0.320. The first kappa shape index (κ1) is 24.8. The number of carbonyl (C=O) groups excluding carboxylic acids is 2. The van der Waals surface area contributed by atoms with E-state index in [1.54, 1.807) is 21.6 Å². The zero-order valence-corrected chi connectivity index (χ0v) is 18.4. The van der Waals surface area contributed by atoms with Gasteiger partial charge in [-0.2, -0.15) is 0 Å². The summed E-state index contributed by atoms with van der Waals surface area (Å²) in [5, 5.41) is 6.48. The molecular weight excluding hydrogens is 352 g/mol. The molecule has 148 valence electrons. The van der Waals surface area contributed by atoms with Crippen molar-refractivity contribution in [1.82, 2.24) is 10.6 Å². The zero-order chi connectivity index (χ0) is 19.1. The van der Waals surface area contributed by atoms with Crippen LogP contribution >= 0.6 is 21.6 Å². The van der Waals surface area contributed by atoms with E-state index in [2.05, 4.69) is 31.4 Å². The van der Waals surface area contributed by atoms with Gasteiger partial charge in [0, 0.05) is 42.3 Å². The lowest BCUT2D eigenvalue weighted by Crippen LogP contribution is -2.36. The topological polar surface area (TPSA) is 58.2 Å². The smallest absolute Gasteiger partial charge is 0.220 e. The fraction of sp³-hybridized carbons (Fsp3) is 0.895. The minimum Gasteiger partial charge on any atom is -0.356 e. The van der Waals surface area contributed by atoms with Gasteiger partial charge in [-0.1, -0.05) is 48.3 Å². The molecule has 0 saturated heterocycles. The predicted octanol–water partition coefficient (Wildman–Crippen LogP) is 4.44. The lowest BCUT2D eigenvalue weighted by atomic mass is 10.1. The molecule has 0 aliphatic heterocycles. The molecule has 0 unspecified atom stereocenters. The van der Waals surface area contributed by atoms with Crippen molar-refractivity contribution in [2.24, 2.45) is 5.92 Å². The van der Waals surface area contributed by atoms with Crippen molar-refractivity contribution >= 4 is 33.3 Å². The normalized spacial score (nSPS) is 11.8. The highest BCUT2D eigenvalue weighted by atomic mass is 33.1. The van der Waals surface area contributed by atoms with Crippen LogP contribution in [0.25, 0.3) is 0 Å². The largest absolute Gasteiger partial charge is 0.356 e. The van der Waals surface area contributed by atoms with Crippen molar-refractivity contribution < 1.29 is 9.59 Å². The second-order valence-corrected chi connectivity index (χ2v) is 10.4. The first-order valence-corrected chi connectivity index (χ1v) is 12.0. The van der Waals surface area contributed by atoms with E-state index < -0.39 is 0 Å². The molecule has 0 aromatic carbocycles. The van der Waals surface area contributed by atoms with Gasteiger partial charge in [-0.25, -0.2) is 0 Å². The first-order chi connectivity index (χ1) is 11.7. The molecule has 0 atom stereocenters. The molecule has 0 heterocycles. The molecule has 25 heavy (non-hydrogen) atoms. The van der Waals surface area contributed by atoms with Crippen molar-refractivity contribution in [3.63, 3.8) is 0 Å². The van der Waals surface area contributed by atoms with Crippen LogP contribution in [-0.2, 0) is 9.59 Å². The van der Waals surface area contributed by atoms with Gasteiger partial charge in [-0.3, -0.25) is 9.59 Å². The summed E-state index contributed by atoms with van der Waals surface area (Å²) in [4.78, 5) is 23.2. The first-order valence-electron chi connectivity index (χ1n) is 9.51. The van der Waals surface area contributed by atoms with E-state index in [1.165, 1.54) is 19.3 Å². The van der Waals surface area contributed by atoms with Crippen LogP contribution < -0.4 is 10.6 Å². The van der Waals surface area contributed by atoms with E-state index in [-0.39, 0.29) is 17.4 Å². The summed E-state index contributed by atoms with van der Waals surface area (Å²) in [7, 11) is 3.38. The summed E-state index contributed by atoms with van der Waals surface area (Å²) in [6.45, 7) is 12.3. The molecule has 0 spiro atoms. The summed E-state index contributed by atoms with van der Waals surface area (Å²) in [5.41, 5.74) is 0.203. The monoisotopic (exact) mass is 390 g/mol. The molecule has 0 rings (SSSR count). The Labute approximate surface area is 162 Å². The molecule has 0 fully saturated rings. The third-order valence-electron chi connectivity index (χ3n) is 3.65. The van der Waals surface area contributed by atoms with Crippen LogP contribution in [0.5, 0.6) is 0 Å². The van der Waals surface area contributed by atoms with Gasteiger partial charge in [0.2, 0.25) is 5.91 Å². The summed E-state index contributed by atoms with van der Waals surface area (Å²) in [5.74, 6) is 2.24. The highest BCUT2D eigenvalue weighted by molar-refractivity contribution is 8.76. The number of ketones is 1. The second kappa shape index (κ2) is 14.9. The molecule has 4 nitrogen and oxygen atoms in total. The number of rotatable bonds is 15. The Hall–Kier alpha value is -0.200. The van der Waals surface area contributed by atoms with Crippen molar-refractivity contribution in [3.05, 3.63) is 0 Å². The maximum absolute atomic E-state index is 11.7. The summed E-state index contributed by atoms with van der Waals surface area (Å²) in [6, 6.07) is 0. The van der Waals surface area contributed by atoms with Gasteiger partial charge in [0.05, 0.1) is 0 Å². The minimum absolute atomic E-state index is 0.131. The highest BCUT2D eigenvalue weighted by Crippen LogP contribution is 2.23. The third kappa shape index (κ3) is 18.4. The van der Waals surface area contributed by atoms with Crippen LogP contribution in [0.3, 0.4) is 0 Å². The predicted molar refractivity (Wildman–Crippen MR) is 113 cm³/mol. The lowest BCUT2D eigenvalue weighted by Gasteiger charge is -2.20. The number of nitrogens with one attached hydrogen (secondary N) is 2. The summed E-state index contributed by atoms with van der Waals surface area (Å²) in [6.07, 6.45) is 5.82. The fourth-order valence-corrected chi connectivity index (χ4v) is 4.06. The van der Waals surface area contributed by atoms with Gasteiger partial charge < -0.3 is 10.6 Å². The lowest BCUT2D eigenvalue weighted by molar-refractivity contribution is -0.121. The molecular formula is C19H38N2O2S2. The van der Waals surface area contributed by atoms with E-state index in [9.17, 15) is 9.59 Å². The Balaban J connectivity index is 3.33. The molecule has 0 aliphatic rings. The van der Waals surface area contributed by atoms with Crippen molar-refractivity contribution in [2.45, 2.75) is 78.7 Å². The van der Waals surface area contributed by atoms with Gasteiger partial charge in [-0.15, -0.1) is 0 Å². The number of carbonyl (C=O) groups is 2. The number of unbranched alkanes of at least 4 members (excludes halogenated alkanes) is 3. The zero-order valence-electron chi connectivity index (χ0n) is 16.8. The molecule has 1 amide bonds. The molecule has 0 aromatic rings. The van der Waals surface area contributed by atoms with Crippen molar-refractivity contribution in [2.75, 3.05) is 24.6 Å². The van der Waals surface area contributed by atoms with Gasteiger partial charge in [-0.05, 0) is 40.2 Å². The van der Waals surface area contributed by atoms with Gasteiger partial charge in [0.15, 0.2) is 0 Å². The maximum Gasteiger partial charge on any atom is 0.220 e. The van der Waals surface area contributed by atoms with Crippen LogP contribution in [0.1, 0.15) is 73.1 Å². The fourth-order valence-electron chi connectivity index (χ4n) is 2.07. The van der Waals surface area contributed by atoms with Gasteiger partial charge in [0.25, 0.3) is 0 Å². The van der Waals surface area contributed by atoms with Crippen LogP contribution in [-0.4, -0.2) is 41.8 Å². The third-order valence-corrected chi connectivity index (χ3v) is 6.06. The Morgan fingerprint density at radius 2 is 1.44 bits per heavy atom. The van der Waals surface area contributed by atoms with Gasteiger partial charge in [0.1, 0.15) is 5.78 Å². The molecule has 0 saturated carbocycles. The molecule has 0 aromatic heterocycles. The number of Topliss-reactive ketones (excluding diaryl/α,β-unsaturated/α-hetero) is 1. The number of amides is 1. The Morgan fingerprint density at radius 1 is 0.880 bits per heavy atom. The molecule has 6 heteroatoms. The second-order valence-electron chi connectivity index (χ2n) is 7.71. The summed E-state index contributed by atoms with van der Waals surface area (Å²) < 4.78 is 0. The molecule has 0 bridgehead atoms. The summed E-state index contributed by atoms with van der Waals surface area (Å²) >= 11 is 0. The Kier molecular flexibility index (Phi) is 14.8. The number of hydrogen-bond donors (Lipinski definition) is 2. The van der Waals surface area contributed by atoms with Crippen LogP contribution in [0.15, 0.2) is 0 Å². The van der Waals surface area contributed by atoms with E-state index in [1.807, 2.05) is 13.8 Å². The van der Waals surface area contributed by atoms with Crippen molar-refractivity contribution in [3.8, 4) is 0 Å². The average Bonchev–Trinajstić information content (AvgIpc) is 2.51. The molecule has 2 N–H and O–H groups in total. The van der Waals surface area contributed by atoms with Crippen molar-refractivity contribution in [1.29, 1.82) is 0 Å². The Morgan fingerprint density at radius 3 is 2.00 bits per heavy atom. The van der Waals surface area contributed by atoms with Crippen LogP contribution in [0, 0.1) is 5.92 Å². The van der Waals surface area contributed by atoms with E-state index in [4.69, 9.17) is 0 Å². The highest BCUT2D eigenvalue weighted by Gasteiger charge is 2.08. The Bertz CT molecular complexity index is 369. The van der Waals surface area contributed by atoms with Crippen LogP contribution in [0.4, 0.5) is 0 Å². The van der Waals surface area contributed by atoms with E-state index in [0.29, 0.717) is 18.6 Å². The SMILES string of the molecule is CC(C)C(=O)CCSSCCC(=O)NCCCCCCNC(C)(C)C. The number of hydrogen-bond acceptors (Lipinski definition) is 5. The molecule has 0 aliphatic carbocycles. The average molecular weight is 391 g/mol. The van der Waals surface area contributed by atoms with E-state index >= 15 is 0 Å². The minimum atomic E-state index is 0.131. The van der Waals surface area contributed by atoms with Gasteiger partial charge >= 0.3 is 0 Å². The van der Waals surface area contributed by atoms with Crippen LogP contribution in [0.2, 0.25) is 0 Å². The van der Waals surface area contributed by atoms with E-state index in [0.717, 1.165) is 31.0 Å².